The first-order valence-electron chi connectivity index (χ1n) is 5.74. The van der Waals surface area contributed by atoms with Gasteiger partial charge in [-0.05, 0) is 31.5 Å². The van der Waals surface area contributed by atoms with Gasteiger partial charge in [0.25, 0.3) is 0 Å². The maximum absolute atomic E-state index is 13.5. The zero-order chi connectivity index (χ0) is 13.1. The number of amides is 1. The Hall–Kier alpha value is -1.01. The minimum absolute atomic E-state index is 0.235. The van der Waals surface area contributed by atoms with Gasteiger partial charge in [0.2, 0.25) is 5.91 Å². The lowest BCUT2D eigenvalue weighted by molar-refractivity contribution is -0.120. The second-order valence-corrected chi connectivity index (χ2v) is 5.19. The van der Waals surface area contributed by atoms with Crippen LogP contribution in [0.2, 0.25) is 0 Å². The van der Waals surface area contributed by atoms with E-state index in [9.17, 15) is 13.6 Å². The van der Waals surface area contributed by atoms with Crippen LogP contribution in [0.3, 0.4) is 0 Å². The van der Waals surface area contributed by atoms with Crippen molar-refractivity contribution in [3.8, 4) is 0 Å². The van der Waals surface area contributed by atoms with E-state index in [-0.39, 0.29) is 17.5 Å². The van der Waals surface area contributed by atoms with Gasteiger partial charge in [0.1, 0.15) is 5.69 Å². The summed E-state index contributed by atoms with van der Waals surface area (Å²) in [6.45, 7) is 1.43. The van der Waals surface area contributed by atoms with Crippen LogP contribution < -0.4 is 10.6 Å². The molecule has 0 radical (unpaired) electrons. The fraction of sp³-hybridized carbons (Fsp3) is 0.417. The summed E-state index contributed by atoms with van der Waals surface area (Å²) in [6, 6.07) is 2.25. The number of hydrogen-bond donors (Lipinski definition) is 2. The third-order valence-corrected chi connectivity index (χ3v) is 3.38. The van der Waals surface area contributed by atoms with Crippen molar-refractivity contribution in [3.63, 3.8) is 0 Å². The zero-order valence-corrected chi connectivity index (χ0v) is 11.2. The van der Waals surface area contributed by atoms with E-state index in [4.69, 9.17) is 0 Å². The van der Waals surface area contributed by atoms with Crippen LogP contribution in [0.15, 0.2) is 16.6 Å². The summed E-state index contributed by atoms with van der Waals surface area (Å²) < 4.78 is 27.4. The summed E-state index contributed by atoms with van der Waals surface area (Å²) in [6.07, 6.45) is 1.63. The summed E-state index contributed by atoms with van der Waals surface area (Å²) in [5, 5.41) is 5.41. The Labute approximate surface area is 112 Å². The first kappa shape index (κ1) is 13.4. The van der Waals surface area contributed by atoms with E-state index in [2.05, 4.69) is 26.6 Å². The van der Waals surface area contributed by atoms with Crippen molar-refractivity contribution < 1.29 is 13.6 Å². The van der Waals surface area contributed by atoms with E-state index in [1.54, 1.807) is 0 Å². The quantitative estimate of drug-likeness (QED) is 0.880. The number of benzene rings is 1. The second kappa shape index (κ2) is 5.75. The molecule has 0 aliphatic carbocycles. The predicted octanol–water partition coefficient (Wildman–Crippen LogP) is 2.67. The first-order chi connectivity index (χ1) is 8.58. The van der Waals surface area contributed by atoms with Crippen LogP contribution in [0.25, 0.3) is 0 Å². The molecule has 0 spiro atoms. The third-order valence-electron chi connectivity index (χ3n) is 2.92. The Morgan fingerprint density at radius 2 is 2.06 bits per heavy atom. The van der Waals surface area contributed by atoms with Crippen LogP contribution in [0, 0.1) is 17.6 Å². The standard InChI is InChI=1S/C12H13BrF2N2O/c13-8-4-9(14)11(10(15)5-8)17-12(18)7-2-1-3-16-6-7/h4-5,7,16H,1-3,6H2,(H,17,18)/t7-/m0/s1. The van der Waals surface area contributed by atoms with E-state index < -0.39 is 11.6 Å². The molecule has 98 valence electrons. The molecule has 1 fully saturated rings. The Bertz CT molecular complexity index is 438. The van der Waals surface area contributed by atoms with E-state index in [1.165, 1.54) is 0 Å². The largest absolute Gasteiger partial charge is 0.321 e. The van der Waals surface area contributed by atoms with Crippen molar-refractivity contribution >= 4 is 27.5 Å². The molecule has 0 unspecified atom stereocenters. The number of carbonyl (C=O) groups excluding carboxylic acids is 1. The van der Waals surface area contributed by atoms with Crippen LogP contribution in [0.5, 0.6) is 0 Å². The highest BCUT2D eigenvalue weighted by atomic mass is 79.9. The minimum Gasteiger partial charge on any atom is -0.321 e. The lowest BCUT2D eigenvalue weighted by atomic mass is 9.99. The van der Waals surface area contributed by atoms with Gasteiger partial charge in [-0.15, -0.1) is 0 Å². The van der Waals surface area contributed by atoms with Gasteiger partial charge in [0, 0.05) is 11.0 Å². The summed E-state index contributed by atoms with van der Waals surface area (Å²) in [4.78, 5) is 11.9. The molecule has 1 aromatic carbocycles. The highest BCUT2D eigenvalue weighted by molar-refractivity contribution is 9.10. The average molecular weight is 319 g/mol. The molecule has 1 aliphatic rings. The smallest absolute Gasteiger partial charge is 0.228 e. The highest BCUT2D eigenvalue weighted by Gasteiger charge is 2.23. The van der Waals surface area contributed by atoms with Gasteiger partial charge in [-0.2, -0.15) is 0 Å². The number of piperidine rings is 1. The Balaban J connectivity index is 2.11. The molecule has 6 heteroatoms. The predicted molar refractivity (Wildman–Crippen MR) is 68.3 cm³/mol. The lowest BCUT2D eigenvalue weighted by Crippen LogP contribution is -2.37. The molecule has 2 rings (SSSR count). The van der Waals surface area contributed by atoms with Crippen LogP contribution in [0.4, 0.5) is 14.5 Å². The summed E-state index contributed by atoms with van der Waals surface area (Å²) in [5.74, 6) is -2.14. The molecule has 0 bridgehead atoms. The number of anilines is 1. The first-order valence-corrected chi connectivity index (χ1v) is 6.53. The second-order valence-electron chi connectivity index (χ2n) is 4.28. The molecular weight excluding hydrogens is 306 g/mol. The minimum atomic E-state index is -0.779. The van der Waals surface area contributed by atoms with E-state index >= 15 is 0 Å². The van der Waals surface area contributed by atoms with Crippen molar-refractivity contribution in [2.45, 2.75) is 12.8 Å². The SMILES string of the molecule is O=C(Nc1c(F)cc(Br)cc1F)[C@H]1CCCNC1. The molecule has 2 N–H and O–H groups in total. The molecule has 3 nitrogen and oxygen atoms in total. The van der Waals surface area contributed by atoms with Crippen molar-refractivity contribution in [1.82, 2.24) is 5.32 Å². The van der Waals surface area contributed by atoms with Crippen molar-refractivity contribution in [1.29, 1.82) is 0 Å². The van der Waals surface area contributed by atoms with Gasteiger partial charge in [-0.1, -0.05) is 15.9 Å². The highest BCUT2D eigenvalue weighted by Crippen LogP contribution is 2.24. The zero-order valence-electron chi connectivity index (χ0n) is 9.60. The Morgan fingerprint density at radius 1 is 1.39 bits per heavy atom. The van der Waals surface area contributed by atoms with Gasteiger partial charge < -0.3 is 10.6 Å². The maximum Gasteiger partial charge on any atom is 0.228 e. The summed E-state index contributed by atoms with van der Waals surface area (Å²) >= 11 is 2.99. The summed E-state index contributed by atoms with van der Waals surface area (Å²) in [7, 11) is 0. The van der Waals surface area contributed by atoms with Gasteiger partial charge in [-0.3, -0.25) is 4.79 Å². The monoisotopic (exact) mass is 318 g/mol. The van der Waals surface area contributed by atoms with E-state index in [1.807, 2.05) is 0 Å². The summed E-state index contributed by atoms with van der Waals surface area (Å²) in [5.41, 5.74) is -0.381. The third kappa shape index (κ3) is 3.05. The van der Waals surface area contributed by atoms with Crippen LogP contribution >= 0.6 is 15.9 Å². The van der Waals surface area contributed by atoms with Gasteiger partial charge in [0.05, 0.1) is 5.92 Å². The van der Waals surface area contributed by atoms with E-state index in [0.717, 1.165) is 31.5 Å². The van der Waals surface area contributed by atoms with E-state index in [0.29, 0.717) is 11.0 Å². The van der Waals surface area contributed by atoms with Gasteiger partial charge >= 0.3 is 0 Å². The van der Waals surface area contributed by atoms with Crippen LogP contribution in [0.1, 0.15) is 12.8 Å². The van der Waals surface area contributed by atoms with Crippen LogP contribution in [-0.2, 0) is 4.79 Å². The molecule has 1 amide bonds. The number of rotatable bonds is 2. The molecule has 0 saturated carbocycles. The molecule has 1 aliphatic heterocycles. The van der Waals surface area contributed by atoms with Crippen molar-refractivity contribution in [2.75, 3.05) is 18.4 Å². The normalized spacial score (nSPS) is 19.6. The number of hydrogen-bond acceptors (Lipinski definition) is 2. The number of halogens is 3. The number of carbonyl (C=O) groups is 1. The molecule has 1 heterocycles. The number of nitrogens with one attached hydrogen (secondary N) is 2. The lowest BCUT2D eigenvalue weighted by Gasteiger charge is -2.22. The Morgan fingerprint density at radius 3 is 2.61 bits per heavy atom. The molecule has 0 aromatic heterocycles. The van der Waals surface area contributed by atoms with Gasteiger partial charge in [0.15, 0.2) is 11.6 Å². The van der Waals surface area contributed by atoms with Crippen molar-refractivity contribution in [3.05, 3.63) is 28.2 Å². The van der Waals surface area contributed by atoms with Gasteiger partial charge in [-0.25, -0.2) is 8.78 Å². The topological polar surface area (TPSA) is 41.1 Å². The van der Waals surface area contributed by atoms with Crippen LogP contribution in [-0.4, -0.2) is 19.0 Å². The maximum atomic E-state index is 13.5. The Kier molecular flexibility index (Phi) is 4.29. The fourth-order valence-corrected chi connectivity index (χ4v) is 2.36. The van der Waals surface area contributed by atoms with Crippen molar-refractivity contribution in [2.24, 2.45) is 5.92 Å². The average Bonchev–Trinajstić information content (AvgIpc) is 2.34. The molecule has 18 heavy (non-hydrogen) atoms. The molecule has 1 atom stereocenters. The molecule has 1 aromatic rings. The molecular formula is C12H13BrF2N2O. The fourth-order valence-electron chi connectivity index (χ4n) is 1.96. The molecule has 1 saturated heterocycles.